The number of hydrogen-bond donors (Lipinski definition) is 2. The zero-order chi connectivity index (χ0) is 13.1. The van der Waals surface area contributed by atoms with Gasteiger partial charge in [-0.25, -0.2) is 15.0 Å². The summed E-state index contributed by atoms with van der Waals surface area (Å²) in [6.07, 6.45) is 3.56. The number of methoxy groups -OCH3 is 1. The first-order valence-corrected chi connectivity index (χ1v) is 6.21. The lowest BCUT2D eigenvalue weighted by Gasteiger charge is -2.13. The van der Waals surface area contributed by atoms with E-state index >= 15 is 0 Å². The number of imidazole rings is 1. The van der Waals surface area contributed by atoms with Gasteiger partial charge in [-0.3, -0.25) is 0 Å². The van der Waals surface area contributed by atoms with Gasteiger partial charge in [-0.15, -0.1) is 12.4 Å². The fraction of sp³-hybridized carbons (Fsp3) is 0.417. The van der Waals surface area contributed by atoms with Crippen LogP contribution in [-0.4, -0.2) is 33.2 Å². The highest BCUT2D eigenvalue weighted by molar-refractivity contribution is 5.85. The highest BCUT2D eigenvalue weighted by atomic mass is 35.5. The summed E-state index contributed by atoms with van der Waals surface area (Å²) < 4.78 is 7.24. The van der Waals surface area contributed by atoms with Crippen molar-refractivity contribution in [2.75, 3.05) is 19.0 Å². The summed E-state index contributed by atoms with van der Waals surface area (Å²) in [6.45, 7) is 3.45. The number of nitrogens with zero attached hydrogens (tertiary/aromatic N) is 4. The lowest BCUT2D eigenvalue weighted by atomic mass is 10.4. The molecular weight excluding hydrogens is 280 g/mol. The van der Waals surface area contributed by atoms with Crippen LogP contribution in [0, 0.1) is 0 Å². The van der Waals surface area contributed by atoms with Gasteiger partial charge >= 0.3 is 0 Å². The Morgan fingerprint density at radius 3 is 3.15 bits per heavy atom. The molecule has 0 bridgehead atoms. The van der Waals surface area contributed by atoms with Gasteiger partial charge < -0.3 is 19.9 Å². The van der Waals surface area contributed by atoms with Gasteiger partial charge in [-0.1, -0.05) is 0 Å². The van der Waals surface area contributed by atoms with Gasteiger partial charge in [0.2, 0.25) is 5.88 Å². The molecule has 0 amide bonds. The molecule has 1 aliphatic heterocycles. The van der Waals surface area contributed by atoms with Crippen LogP contribution in [0.5, 0.6) is 5.88 Å². The Hall–Kier alpha value is -1.86. The molecule has 0 atom stereocenters. The second-order valence-corrected chi connectivity index (χ2v) is 4.32. The van der Waals surface area contributed by atoms with E-state index in [0.29, 0.717) is 12.4 Å². The molecule has 2 N–H and O–H groups in total. The molecule has 20 heavy (non-hydrogen) atoms. The summed E-state index contributed by atoms with van der Waals surface area (Å²) in [5, 5.41) is 6.52. The van der Waals surface area contributed by atoms with E-state index in [1.807, 2.05) is 0 Å². The van der Waals surface area contributed by atoms with E-state index in [2.05, 4.69) is 36.3 Å². The third-order valence-corrected chi connectivity index (χ3v) is 3.02. The molecule has 0 unspecified atom stereocenters. The Kier molecular flexibility index (Phi) is 4.75. The molecule has 0 aliphatic carbocycles. The molecular formula is C12H17ClN6O. The first-order chi connectivity index (χ1) is 9.35. The van der Waals surface area contributed by atoms with Crippen LogP contribution < -0.4 is 15.4 Å². The SMILES string of the molecule is COc1cc(NCc2cn3c(n2)CNCC3)ncn1.Cl. The van der Waals surface area contributed by atoms with E-state index in [0.717, 1.165) is 37.0 Å². The molecule has 1 aliphatic rings. The summed E-state index contributed by atoms with van der Waals surface area (Å²) >= 11 is 0. The number of anilines is 1. The number of fused-ring (bicyclic) bond motifs is 1. The van der Waals surface area contributed by atoms with Gasteiger partial charge in [0.1, 0.15) is 18.0 Å². The zero-order valence-corrected chi connectivity index (χ0v) is 12.0. The number of nitrogens with one attached hydrogen (secondary N) is 2. The largest absolute Gasteiger partial charge is 0.481 e. The predicted octanol–water partition coefficient (Wildman–Crippen LogP) is 0.819. The molecule has 2 aromatic rings. The van der Waals surface area contributed by atoms with E-state index in [1.54, 1.807) is 13.2 Å². The Bertz CT molecular complexity index is 549. The quantitative estimate of drug-likeness (QED) is 0.870. The van der Waals surface area contributed by atoms with Crippen molar-refractivity contribution in [1.82, 2.24) is 24.8 Å². The highest BCUT2D eigenvalue weighted by Crippen LogP contribution is 2.12. The fourth-order valence-corrected chi connectivity index (χ4v) is 2.06. The maximum Gasteiger partial charge on any atom is 0.218 e. The maximum atomic E-state index is 5.05. The molecule has 0 aromatic carbocycles. The lowest BCUT2D eigenvalue weighted by molar-refractivity contribution is 0.397. The minimum Gasteiger partial charge on any atom is -0.481 e. The Morgan fingerprint density at radius 2 is 2.35 bits per heavy atom. The number of halogens is 1. The van der Waals surface area contributed by atoms with Gasteiger partial charge in [0.05, 0.1) is 25.9 Å². The van der Waals surface area contributed by atoms with Crippen LogP contribution in [0.4, 0.5) is 5.82 Å². The number of hydrogen-bond acceptors (Lipinski definition) is 6. The summed E-state index contributed by atoms with van der Waals surface area (Å²) in [4.78, 5) is 12.7. The van der Waals surface area contributed by atoms with Gasteiger partial charge in [0, 0.05) is 25.4 Å². The van der Waals surface area contributed by atoms with Gasteiger partial charge in [0.25, 0.3) is 0 Å². The smallest absolute Gasteiger partial charge is 0.218 e. The highest BCUT2D eigenvalue weighted by Gasteiger charge is 2.11. The molecule has 0 radical (unpaired) electrons. The van der Waals surface area contributed by atoms with E-state index in [-0.39, 0.29) is 12.4 Å². The van der Waals surface area contributed by atoms with Crippen LogP contribution in [-0.2, 0) is 19.6 Å². The van der Waals surface area contributed by atoms with Crippen LogP contribution >= 0.6 is 12.4 Å². The maximum absolute atomic E-state index is 5.05. The summed E-state index contributed by atoms with van der Waals surface area (Å²) in [6, 6.07) is 1.76. The molecule has 8 heteroatoms. The monoisotopic (exact) mass is 296 g/mol. The van der Waals surface area contributed by atoms with Gasteiger partial charge in [-0.2, -0.15) is 0 Å². The van der Waals surface area contributed by atoms with E-state index in [1.165, 1.54) is 6.33 Å². The lowest BCUT2D eigenvalue weighted by Crippen LogP contribution is -2.27. The predicted molar refractivity (Wildman–Crippen MR) is 77.1 cm³/mol. The standard InChI is InChI=1S/C12H16N6O.ClH/c1-19-12-4-10(15-8-16-12)14-5-9-7-18-3-2-13-6-11(18)17-9;/h4,7-8,13H,2-3,5-6H2,1H3,(H,14,15,16);1H. The molecule has 3 heterocycles. The topological polar surface area (TPSA) is 76.9 Å². The number of aromatic nitrogens is 4. The molecule has 0 spiro atoms. The van der Waals surface area contributed by atoms with Crippen LogP contribution in [0.2, 0.25) is 0 Å². The minimum absolute atomic E-state index is 0. The van der Waals surface area contributed by atoms with Crippen molar-refractivity contribution in [2.24, 2.45) is 0 Å². The fourth-order valence-electron chi connectivity index (χ4n) is 2.06. The summed E-state index contributed by atoms with van der Waals surface area (Å²) in [7, 11) is 1.59. The summed E-state index contributed by atoms with van der Waals surface area (Å²) in [5.41, 5.74) is 1.01. The third-order valence-electron chi connectivity index (χ3n) is 3.02. The molecule has 0 saturated heterocycles. The molecule has 3 rings (SSSR count). The third kappa shape index (κ3) is 3.17. The molecule has 0 fully saturated rings. The summed E-state index contributed by atoms with van der Waals surface area (Å²) in [5.74, 6) is 2.37. The van der Waals surface area contributed by atoms with E-state index in [4.69, 9.17) is 4.74 Å². The van der Waals surface area contributed by atoms with E-state index < -0.39 is 0 Å². The number of rotatable bonds is 4. The van der Waals surface area contributed by atoms with E-state index in [9.17, 15) is 0 Å². The van der Waals surface area contributed by atoms with Crippen molar-refractivity contribution in [1.29, 1.82) is 0 Å². The average Bonchev–Trinajstić information content (AvgIpc) is 2.88. The van der Waals surface area contributed by atoms with Crippen molar-refractivity contribution >= 4 is 18.2 Å². The molecule has 7 nitrogen and oxygen atoms in total. The first kappa shape index (κ1) is 14.5. The Morgan fingerprint density at radius 1 is 1.45 bits per heavy atom. The van der Waals surface area contributed by atoms with Crippen molar-refractivity contribution in [3.63, 3.8) is 0 Å². The van der Waals surface area contributed by atoms with Crippen LogP contribution in [0.25, 0.3) is 0 Å². The van der Waals surface area contributed by atoms with Gasteiger partial charge in [-0.05, 0) is 0 Å². The first-order valence-electron chi connectivity index (χ1n) is 6.21. The van der Waals surface area contributed by atoms with Crippen LogP contribution in [0.3, 0.4) is 0 Å². The second kappa shape index (κ2) is 6.53. The van der Waals surface area contributed by atoms with Crippen molar-refractivity contribution < 1.29 is 4.74 Å². The van der Waals surface area contributed by atoms with Crippen molar-refractivity contribution in [2.45, 2.75) is 19.6 Å². The Balaban J connectivity index is 0.00000147. The van der Waals surface area contributed by atoms with Crippen molar-refractivity contribution in [3.05, 3.63) is 30.1 Å². The normalized spacial score (nSPS) is 13.2. The minimum atomic E-state index is 0. The second-order valence-electron chi connectivity index (χ2n) is 4.32. The van der Waals surface area contributed by atoms with Crippen LogP contribution in [0.15, 0.2) is 18.6 Å². The van der Waals surface area contributed by atoms with Crippen molar-refractivity contribution in [3.8, 4) is 5.88 Å². The zero-order valence-electron chi connectivity index (χ0n) is 11.2. The van der Waals surface area contributed by atoms with Gasteiger partial charge in [0.15, 0.2) is 0 Å². The Labute approximate surface area is 123 Å². The molecule has 0 saturated carbocycles. The van der Waals surface area contributed by atoms with Crippen LogP contribution in [0.1, 0.15) is 11.5 Å². The molecule has 2 aromatic heterocycles. The number of ether oxygens (including phenoxy) is 1. The molecule has 108 valence electrons. The average molecular weight is 297 g/mol.